The molecule has 1 unspecified atom stereocenters. The van der Waals surface area contributed by atoms with Crippen molar-refractivity contribution in [3.8, 4) is 5.69 Å². The summed E-state index contributed by atoms with van der Waals surface area (Å²) in [7, 11) is 0. The highest BCUT2D eigenvalue weighted by atomic mass is 35.5. The van der Waals surface area contributed by atoms with Crippen LogP contribution in [-0.4, -0.2) is 19.9 Å². The molecule has 100 valence electrons. The summed E-state index contributed by atoms with van der Waals surface area (Å²) in [5.74, 6) is 0. The van der Waals surface area contributed by atoms with Crippen LogP contribution in [0.1, 0.15) is 29.1 Å². The Balaban J connectivity index is 2.60. The fraction of sp³-hybridized carbons (Fsp3) is 0.333. The summed E-state index contributed by atoms with van der Waals surface area (Å²) in [6, 6.07) is 3.20. The molecule has 19 heavy (non-hydrogen) atoms. The van der Waals surface area contributed by atoms with Crippen LogP contribution in [0, 0.1) is 24.0 Å². The quantitative estimate of drug-likeness (QED) is 0.492. The largest absolute Gasteiger partial charge is 0.274 e. The molecule has 2 aromatic rings. The Morgan fingerprint density at radius 3 is 2.63 bits per heavy atom. The topological polar surface area (TPSA) is 73.8 Å². The molecule has 2 rings (SSSR count). The molecular weight excluding hydrogens is 268 g/mol. The summed E-state index contributed by atoms with van der Waals surface area (Å²) in [6.45, 7) is 5.37. The van der Waals surface area contributed by atoms with Crippen LogP contribution in [0.5, 0.6) is 0 Å². The van der Waals surface area contributed by atoms with E-state index in [1.165, 1.54) is 10.7 Å². The lowest BCUT2D eigenvalue weighted by atomic mass is 10.1. The number of aryl methyl sites for hydroxylation is 1. The normalized spacial score (nSPS) is 12.4. The number of hydrogen-bond acceptors (Lipinski definition) is 4. The average Bonchev–Trinajstić information content (AvgIpc) is 2.78. The first kappa shape index (κ1) is 13.5. The van der Waals surface area contributed by atoms with E-state index in [9.17, 15) is 10.1 Å². The highest BCUT2D eigenvalue weighted by Gasteiger charge is 2.18. The van der Waals surface area contributed by atoms with Crippen LogP contribution in [0.4, 0.5) is 5.69 Å². The van der Waals surface area contributed by atoms with Gasteiger partial charge in [0.1, 0.15) is 5.69 Å². The van der Waals surface area contributed by atoms with Crippen molar-refractivity contribution in [3.05, 3.63) is 45.3 Å². The molecule has 0 aliphatic carbocycles. The maximum Gasteiger partial charge on any atom is 0.274 e. The molecule has 0 spiro atoms. The molecule has 0 fully saturated rings. The lowest BCUT2D eigenvalue weighted by Gasteiger charge is -2.09. The number of aromatic nitrogens is 3. The average molecular weight is 281 g/mol. The molecule has 1 atom stereocenters. The third-order valence-electron chi connectivity index (χ3n) is 2.95. The summed E-state index contributed by atoms with van der Waals surface area (Å²) >= 11 is 5.94. The minimum atomic E-state index is -0.402. The van der Waals surface area contributed by atoms with Gasteiger partial charge in [-0.1, -0.05) is 11.3 Å². The van der Waals surface area contributed by atoms with Crippen LogP contribution in [-0.2, 0) is 0 Å². The van der Waals surface area contributed by atoms with Crippen molar-refractivity contribution in [1.82, 2.24) is 15.0 Å². The van der Waals surface area contributed by atoms with E-state index in [0.717, 1.165) is 5.56 Å². The van der Waals surface area contributed by atoms with Crippen LogP contribution < -0.4 is 0 Å². The summed E-state index contributed by atoms with van der Waals surface area (Å²) in [4.78, 5) is 10.6. The fourth-order valence-electron chi connectivity index (χ4n) is 1.94. The zero-order valence-corrected chi connectivity index (χ0v) is 11.5. The third kappa shape index (κ3) is 2.44. The molecule has 1 aromatic heterocycles. The fourth-order valence-corrected chi connectivity index (χ4v) is 2.04. The van der Waals surface area contributed by atoms with Crippen molar-refractivity contribution in [1.29, 1.82) is 0 Å². The Hall–Kier alpha value is -1.95. The second-order valence-corrected chi connectivity index (χ2v) is 4.99. The van der Waals surface area contributed by atoms with Gasteiger partial charge in [0, 0.05) is 6.07 Å². The van der Waals surface area contributed by atoms with Gasteiger partial charge in [-0.3, -0.25) is 10.1 Å². The van der Waals surface area contributed by atoms with E-state index < -0.39 is 4.92 Å². The Kier molecular flexibility index (Phi) is 3.53. The molecule has 0 radical (unpaired) electrons. The van der Waals surface area contributed by atoms with E-state index in [-0.39, 0.29) is 11.1 Å². The SMILES string of the molecule is Cc1ccc([N+](=O)[O-])c(C)c1-n1cc(C(C)Cl)nn1. The second kappa shape index (κ2) is 4.97. The zero-order valence-electron chi connectivity index (χ0n) is 10.8. The highest BCUT2D eigenvalue weighted by molar-refractivity contribution is 6.20. The molecule has 1 heterocycles. The van der Waals surface area contributed by atoms with Crippen LogP contribution in [0.2, 0.25) is 0 Å². The number of rotatable bonds is 3. The van der Waals surface area contributed by atoms with Gasteiger partial charge in [-0.15, -0.1) is 16.7 Å². The molecule has 0 aliphatic rings. The number of nitro groups is 1. The Morgan fingerprint density at radius 2 is 2.11 bits per heavy atom. The molecule has 6 nitrogen and oxygen atoms in total. The summed E-state index contributed by atoms with van der Waals surface area (Å²) < 4.78 is 1.53. The minimum absolute atomic E-state index is 0.0663. The molecule has 0 bridgehead atoms. The number of benzene rings is 1. The van der Waals surface area contributed by atoms with Gasteiger partial charge in [0.2, 0.25) is 0 Å². The Bertz CT molecular complexity index is 637. The summed E-state index contributed by atoms with van der Waals surface area (Å²) in [5.41, 5.74) is 2.82. The van der Waals surface area contributed by atoms with Gasteiger partial charge in [0.15, 0.2) is 0 Å². The van der Waals surface area contributed by atoms with Crippen LogP contribution in [0.25, 0.3) is 5.69 Å². The van der Waals surface area contributed by atoms with Gasteiger partial charge in [0.25, 0.3) is 5.69 Å². The van der Waals surface area contributed by atoms with Crippen molar-refractivity contribution in [2.24, 2.45) is 0 Å². The molecule has 7 heteroatoms. The van der Waals surface area contributed by atoms with E-state index in [1.807, 2.05) is 6.92 Å². The van der Waals surface area contributed by atoms with Crippen molar-refractivity contribution in [3.63, 3.8) is 0 Å². The first-order valence-corrected chi connectivity index (χ1v) is 6.16. The van der Waals surface area contributed by atoms with Gasteiger partial charge in [0.05, 0.1) is 27.7 Å². The number of alkyl halides is 1. The summed E-state index contributed by atoms with van der Waals surface area (Å²) in [6.07, 6.45) is 1.69. The first-order valence-electron chi connectivity index (χ1n) is 5.73. The summed E-state index contributed by atoms with van der Waals surface area (Å²) in [5, 5.41) is 18.7. The predicted molar refractivity (Wildman–Crippen MR) is 71.8 cm³/mol. The molecule has 1 aromatic carbocycles. The zero-order chi connectivity index (χ0) is 14.2. The van der Waals surface area contributed by atoms with E-state index in [2.05, 4.69) is 10.3 Å². The van der Waals surface area contributed by atoms with Gasteiger partial charge < -0.3 is 0 Å². The minimum Gasteiger partial charge on any atom is -0.258 e. The van der Waals surface area contributed by atoms with E-state index in [1.54, 1.807) is 26.1 Å². The lowest BCUT2D eigenvalue weighted by molar-refractivity contribution is -0.385. The first-order chi connectivity index (χ1) is 8.91. The van der Waals surface area contributed by atoms with E-state index in [4.69, 9.17) is 11.6 Å². The standard InChI is InChI=1S/C12H13ClN4O2/c1-7-4-5-11(17(18)19)8(2)12(7)16-6-10(9(3)13)14-15-16/h4-6,9H,1-3H3. The van der Waals surface area contributed by atoms with Gasteiger partial charge in [-0.05, 0) is 26.3 Å². The third-order valence-corrected chi connectivity index (χ3v) is 3.17. The van der Waals surface area contributed by atoms with Gasteiger partial charge >= 0.3 is 0 Å². The van der Waals surface area contributed by atoms with E-state index >= 15 is 0 Å². The lowest BCUT2D eigenvalue weighted by Crippen LogP contribution is -2.04. The number of halogens is 1. The number of nitro benzene ring substituents is 1. The number of nitrogens with zero attached hydrogens (tertiary/aromatic N) is 4. The maximum absolute atomic E-state index is 11.0. The smallest absolute Gasteiger partial charge is 0.258 e. The molecule has 0 aliphatic heterocycles. The van der Waals surface area contributed by atoms with Gasteiger partial charge in [-0.2, -0.15) is 0 Å². The monoisotopic (exact) mass is 280 g/mol. The molecular formula is C12H13ClN4O2. The molecule has 0 amide bonds. The van der Waals surface area contributed by atoms with Crippen molar-refractivity contribution in [2.75, 3.05) is 0 Å². The maximum atomic E-state index is 11.0. The molecule has 0 N–H and O–H groups in total. The van der Waals surface area contributed by atoms with Crippen LogP contribution in [0.3, 0.4) is 0 Å². The molecule has 0 saturated carbocycles. The van der Waals surface area contributed by atoms with Crippen LogP contribution >= 0.6 is 11.6 Å². The Morgan fingerprint density at radius 1 is 1.42 bits per heavy atom. The molecule has 0 saturated heterocycles. The van der Waals surface area contributed by atoms with Crippen molar-refractivity contribution < 1.29 is 4.92 Å². The Labute approximate surface area is 115 Å². The second-order valence-electron chi connectivity index (χ2n) is 4.34. The van der Waals surface area contributed by atoms with Gasteiger partial charge in [-0.25, -0.2) is 4.68 Å². The van der Waals surface area contributed by atoms with E-state index in [0.29, 0.717) is 16.9 Å². The highest BCUT2D eigenvalue weighted by Crippen LogP contribution is 2.27. The number of hydrogen-bond donors (Lipinski definition) is 0. The predicted octanol–water partition coefficient (Wildman–Crippen LogP) is 3.09. The van der Waals surface area contributed by atoms with Crippen molar-refractivity contribution >= 4 is 17.3 Å². The van der Waals surface area contributed by atoms with Crippen LogP contribution in [0.15, 0.2) is 18.3 Å². The van der Waals surface area contributed by atoms with Crippen molar-refractivity contribution in [2.45, 2.75) is 26.1 Å².